The highest BCUT2D eigenvalue weighted by molar-refractivity contribution is 7.22. The van der Waals surface area contributed by atoms with Gasteiger partial charge in [0.05, 0.1) is 7.11 Å². The molecular formula is C17H21N5O4S. The molecule has 3 heterocycles. The molecule has 4 rings (SSSR count). The number of piperidine rings is 1. The van der Waals surface area contributed by atoms with E-state index in [0.717, 1.165) is 43.9 Å². The Morgan fingerprint density at radius 1 is 1.30 bits per heavy atom. The van der Waals surface area contributed by atoms with Crippen molar-refractivity contribution in [2.45, 2.75) is 38.3 Å². The number of hydrogen-bond donors (Lipinski definition) is 1. The number of thiazole rings is 1. The number of carbonyl (C=O) groups is 2. The molecule has 1 N–H and O–H groups in total. The van der Waals surface area contributed by atoms with Crippen LogP contribution in [0.15, 0.2) is 11.1 Å². The minimum atomic E-state index is -0.505. The van der Waals surface area contributed by atoms with Crippen LogP contribution in [0.3, 0.4) is 0 Å². The summed E-state index contributed by atoms with van der Waals surface area (Å²) < 4.78 is 6.25. The highest BCUT2D eigenvalue weighted by atomic mass is 32.1. The SMILES string of the molecule is COC(=O)Cn1cnc2nc(N3CCC(C(=O)NC4CC4)CC3)sc2c1=O. The average molecular weight is 391 g/mol. The van der Waals surface area contributed by atoms with E-state index in [1.165, 1.54) is 29.3 Å². The van der Waals surface area contributed by atoms with Gasteiger partial charge in [0.15, 0.2) is 10.8 Å². The van der Waals surface area contributed by atoms with Gasteiger partial charge in [-0.15, -0.1) is 0 Å². The smallest absolute Gasteiger partial charge is 0.325 e. The highest BCUT2D eigenvalue weighted by Gasteiger charge is 2.30. The monoisotopic (exact) mass is 391 g/mol. The zero-order valence-corrected chi connectivity index (χ0v) is 15.8. The number of hydrogen-bond acceptors (Lipinski definition) is 8. The third-order valence-corrected chi connectivity index (χ3v) is 6.05. The Labute approximate surface area is 159 Å². The zero-order valence-electron chi connectivity index (χ0n) is 15.0. The second-order valence-electron chi connectivity index (χ2n) is 6.95. The maximum Gasteiger partial charge on any atom is 0.325 e. The Balaban J connectivity index is 1.46. The van der Waals surface area contributed by atoms with Crippen molar-refractivity contribution in [3.8, 4) is 0 Å². The Morgan fingerprint density at radius 3 is 2.70 bits per heavy atom. The first-order valence-corrected chi connectivity index (χ1v) is 9.85. The molecule has 10 heteroatoms. The van der Waals surface area contributed by atoms with Gasteiger partial charge in [0.25, 0.3) is 5.56 Å². The number of methoxy groups -OCH3 is 1. The average Bonchev–Trinajstić information content (AvgIpc) is 3.38. The standard InChI is InChI=1S/C17H21N5O4S/c1-26-12(23)8-22-9-18-14-13(16(22)25)27-17(20-14)21-6-4-10(5-7-21)15(24)19-11-2-3-11/h9-11H,2-8H2,1H3,(H,19,24). The molecule has 1 aliphatic heterocycles. The normalized spacial score (nSPS) is 17.9. The predicted octanol–water partition coefficient (Wildman–Crippen LogP) is 0.521. The van der Waals surface area contributed by atoms with Crippen LogP contribution in [-0.4, -0.2) is 52.7 Å². The van der Waals surface area contributed by atoms with Crippen LogP contribution in [0.5, 0.6) is 0 Å². The minimum Gasteiger partial charge on any atom is -0.468 e. The van der Waals surface area contributed by atoms with E-state index < -0.39 is 5.97 Å². The number of carbonyl (C=O) groups excluding carboxylic acids is 2. The third-order valence-electron chi connectivity index (χ3n) is 4.96. The van der Waals surface area contributed by atoms with Crippen molar-refractivity contribution in [3.05, 3.63) is 16.7 Å². The van der Waals surface area contributed by atoms with Crippen molar-refractivity contribution < 1.29 is 14.3 Å². The van der Waals surface area contributed by atoms with Crippen LogP contribution in [-0.2, 0) is 20.9 Å². The largest absolute Gasteiger partial charge is 0.468 e. The van der Waals surface area contributed by atoms with Gasteiger partial charge in [0.2, 0.25) is 5.91 Å². The summed E-state index contributed by atoms with van der Waals surface area (Å²) in [5, 5.41) is 3.80. The number of nitrogens with one attached hydrogen (secondary N) is 1. The van der Waals surface area contributed by atoms with Crippen LogP contribution >= 0.6 is 11.3 Å². The lowest BCUT2D eigenvalue weighted by Crippen LogP contribution is -2.41. The number of esters is 1. The van der Waals surface area contributed by atoms with Gasteiger partial charge in [-0.1, -0.05) is 11.3 Å². The Bertz CT molecular complexity index is 927. The number of fused-ring (bicyclic) bond motifs is 1. The number of aromatic nitrogens is 3. The molecule has 9 nitrogen and oxygen atoms in total. The lowest BCUT2D eigenvalue weighted by molar-refractivity contribution is -0.141. The van der Waals surface area contributed by atoms with E-state index in [9.17, 15) is 14.4 Å². The van der Waals surface area contributed by atoms with Crippen LogP contribution in [0, 0.1) is 5.92 Å². The lowest BCUT2D eigenvalue weighted by atomic mass is 9.96. The van der Waals surface area contributed by atoms with Crippen LogP contribution in [0.2, 0.25) is 0 Å². The van der Waals surface area contributed by atoms with Gasteiger partial charge in [-0.2, -0.15) is 4.98 Å². The molecule has 0 spiro atoms. The summed E-state index contributed by atoms with van der Waals surface area (Å²) in [6.07, 6.45) is 5.05. The fourth-order valence-electron chi connectivity index (χ4n) is 3.17. The second kappa shape index (κ2) is 7.26. The van der Waals surface area contributed by atoms with Gasteiger partial charge in [-0.3, -0.25) is 19.0 Å². The molecule has 0 aromatic carbocycles. The van der Waals surface area contributed by atoms with E-state index in [2.05, 4.69) is 24.9 Å². The number of amides is 1. The number of anilines is 1. The molecular weight excluding hydrogens is 370 g/mol. The molecule has 2 fully saturated rings. The molecule has 144 valence electrons. The predicted molar refractivity (Wildman–Crippen MR) is 99.8 cm³/mol. The van der Waals surface area contributed by atoms with E-state index in [1.807, 2.05) is 0 Å². The van der Waals surface area contributed by atoms with Crippen LogP contribution in [0.25, 0.3) is 10.3 Å². The van der Waals surface area contributed by atoms with Crippen molar-refractivity contribution in [3.63, 3.8) is 0 Å². The maximum absolute atomic E-state index is 12.5. The van der Waals surface area contributed by atoms with Crippen molar-refractivity contribution in [1.29, 1.82) is 0 Å². The molecule has 2 aliphatic rings. The molecule has 1 aliphatic carbocycles. The molecule has 0 atom stereocenters. The molecule has 2 aromatic heterocycles. The summed E-state index contributed by atoms with van der Waals surface area (Å²) >= 11 is 1.28. The first-order valence-electron chi connectivity index (χ1n) is 9.03. The Kier molecular flexibility index (Phi) is 4.81. The van der Waals surface area contributed by atoms with Crippen LogP contribution in [0.4, 0.5) is 5.13 Å². The number of rotatable bonds is 5. The van der Waals surface area contributed by atoms with E-state index in [0.29, 0.717) is 16.4 Å². The summed E-state index contributed by atoms with van der Waals surface area (Å²) in [5.74, 6) is -0.296. The molecule has 0 unspecified atom stereocenters. The fraction of sp³-hybridized carbons (Fsp3) is 0.588. The molecule has 1 saturated heterocycles. The van der Waals surface area contributed by atoms with Gasteiger partial charge in [0, 0.05) is 25.0 Å². The summed E-state index contributed by atoms with van der Waals surface area (Å²) in [7, 11) is 1.28. The lowest BCUT2D eigenvalue weighted by Gasteiger charge is -2.30. The minimum absolute atomic E-state index is 0.0478. The van der Waals surface area contributed by atoms with Crippen LogP contribution < -0.4 is 15.8 Å². The Morgan fingerprint density at radius 2 is 2.04 bits per heavy atom. The zero-order chi connectivity index (χ0) is 19.0. The van der Waals surface area contributed by atoms with Crippen molar-refractivity contribution in [1.82, 2.24) is 19.9 Å². The van der Waals surface area contributed by atoms with Crippen molar-refractivity contribution >= 4 is 38.7 Å². The summed E-state index contributed by atoms with van der Waals surface area (Å²) in [5.41, 5.74) is 0.0857. The summed E-state index contributed by atoms with van der Waals surface area (Å²) in [4.78, 5) is 46.9. The molecule has 1 saturated carbocycles. The molecule has 2 aromatic rings. The number of nitrogens with zero attached hydrogens (tertiary/aromatic N) is 4. The van der Waals surface area contributed by atoms with Gasteiger partial charge in [-0.05, 0) is 25.7 Å². The van der Waals surface area contributed by atoms with Crippen molar-refractivity contribution in [2.24, 2.45) is 5.92 Å². The first-order chi connectivity index (χ1) is 13.0. The van der Waals surface area contributed by atoms with Gasteiger partial charge >= 0.3 is 5.97 Å². The summed E-state index contributed by atoms with van der Waals surface area (Å²) in [6, 6.07) is 0.387. The maximum atomic E-state index is 12.5. The highest BCUT2D eigenvalue weighted by Crippen LogP contribution is 2.29. The van der Waals surface area contributed by atoms with Gasteiger partial charge in [0.1, 0.15) is 17.6 Å². The quantitative estimate of drug-likeness (QED) is 0.741. The van der Waals surface area contributed by atoms with E-state index in [-0.39, 0.29) is 23.9 Å². The molecule has 27 heavy (non-hydrogen) atoms. The summed E-state index contributed by atoms with van der Waals surface area (Å²) in [6.45, 7) is 1.27. The molecule has 0 bridgehead atoms. The second-order valence-corrected chi connectivity index (χ2v) is 7.92. The topological polar surface area (TPSA) is 106 Å². The van der Waals surface area contributed by atoms with Crippen LogP contribution in [0.1, 0.15) is 25.7 Å². The van der Waals surface area contributed by atoms with E-state index >= 15 is 0 Å². The molecule has 0 radical (unpaired) electrons. The van der Waals surface area contributed by atoms with E-state index in [1.54, 1.807) is 0 Å². The van der Waals surface area contributed by atoms with Gasteiger partial charge in [-0.25, -0.2) is 4.98 Å². The van der Waals surface area contributed by atoms with Gasteiger partial charge < -0.3 is 15.0 Å². The Hall–Kier alpha value is -2.49. The number of ether oxygens (including phenoxy) is 1. The van der Waals surface area contributed by atoms with Crippen molar-refractivity contribution in [2.75, 3.05) is 25.1 Å². The molecule has 1 amide bonds. The fourth-order valence-corrected chi connectivity index (χ4v) is 4.19. The van der Waals surface area contributed by atoms with E-state index in [4.69, 9.17) is 0 Å². The first kappa shape index (κ1) is 17.9. The third kappa shape index (κ3) is 3.80.